The lowest BCUT2D eigenvalue weighted by molar-refractivity contribution is 0.174. The molecule has 1 heterocycles. The van der Waals surface area contributed by atoms with Crippen molar-refractivity contribution < 1.29 is 9.47 Å². The number of nitrogens with two attached hydrogens (primary N) is 1. The molecule has 0 aromatic heterocycles. The van der Waals surface area contributed by atoms with Gasteiger partial charge in [-0.15, -0.1) is 0 Å². The van der Waals surface area contributed by atoms with Crippen molar-refractivity contribution in [2.24, 2.45) is 5.73 Å². The number of hydrogen-bond acceptors (Lipinski definition) is 4. The van der Waals surface area contributed by atoms with Crippen molar-refractivity contribution in [2.45, 2.75) is 26.3 Å². The highest BCUT2D eigenvalue weighted by Crippen LogP contribution is 2.32. The maximum Gasteiger partial charge on any atom is 0.231 e. The molecular weight excluding hydrogens is 228 g/mol. The van der Waals surface area contributed by atoms with Crippen LogP contribution in [0.3, 0.4) is 0 Å². The number of fused-ring (bicyclic) bond motifs is 1. The molecule has 0 saturated heterocycles. The van der Waals surface area contributed by atoms with Gasteiger partial charge >= 0.3 is 0 Å². The van der Waals surface area contributed by atoms with Gasteiger partial charge in [-0.2, -0.15) is 0 Å². The lowest BCUT2D eigenvalue weighted by Crippen LogP contribution is -2.38. The quantitative estimate of drug-likeness (QED) is 0.833. The van der Waals surface area contributed by atoms with Crippen LogP contribution < -0.4 is 15.2 Å². The SMILES string of the molecule is CCN(CC)CC(N)Cc1ccc2c(c1)OCO2. The van der Waals surface area contributed by atoms with Crippen LogP contribution in [0.25, 0.3) is 0 Å². The van der Waals surface area contributed by atoms with Crippen LogP contribution >= 0.6 is 0 Å². The maximum atomic E-state index is 6.19. The molecule has 0 amide bonds. The Hall–Kier alpha value is -1.26. The Morgan fingerprint density at radius 1 is 1.22 bits per heavy atom. The molecule has 0 spiro atoms. The molecule has 100 valence electrons. The van der Waals surface area contributed by atoms with Crippen LogP contribution in [-0.4, -0.2) is 37.4 Å². The lowest BCUT2D eigenvalue weighted by Gasteiger charge is -2.22. The zero-order valence-electron chi connectivity index (χ0n) is 11.2. The predicted octanol–water partition coefficient (Wildman–Crippen LogP) is 1.63. The van der Waals surface area contributed by atoms with Crippen LogP contribution in [0.4, 0.5) is 0 Å². The van der Waals surface area contributed by atoms with Crippen LogP contribution in [-0.2, 0) is 6.42 Å². The zero-order valence-corrected chi connectivity index (χ0v) is 11.2. The molecule has 0 saturated carbocycles. The molecule has 1 aliphatic heterocycles. The van der Waals surface area contributed by atoms with Gasteiger partial charge in [0, 0.05) is 12.6 Å². The fourth-order valence-electron chi connectivity index (χ4n) is 2.25. The van der Waals surface area contributed by atoms with Crippen molar-refractivity contribution in [2.75, 3.05) is 26.4 Å². The topological polar surface area (TPSA) is 47.7 Å². The van der Waals surface area contributed by atoms with Gasteiger partial charge in [0.15, 0.2) is 11.5 Å². The van der Waals surface area contributed by atoms with Crippen molar-refractivity contribution in [1.29, 1.82) is 0 Å². The highest BCUT2D eigenvalue weighted by atomic mass is 16.7. The van der Waals surface area contributed by atoms with Crippen molar-refractivity contribution >= 4 is 0 Å². The van der Waals surface area contributed by atoms with Gasteiger partial charge in [-0.25, -0.2) is 0 Å². The Morgan fingerprint density at radius 3 is 2.67 bits per heavy atom. The van der Waals surface area contributed by atoms with Crippen LogP contribution in [0.2, 0.25) is 0 Å². The highest BCUT2D eigenvalue weighted by Gasteiger charge is 2.15. The standard InChI is InChI=1S/C14H22N2O2/c1-3-16(4-2)9-12(15)7-11-5-6-13-14(8-11)18-10-17-13/h5-6,8,12H,3-4,7,9-10,15H2,1-2H3. The van der Waals surface area contributed by atoms with Gasteiger partial charge < -0.3 is 20.1 Å². The monoisotopic (exact) mass is 250 g/mol. The molecule has 1 atom stereocenters. The second-order valence-corrected chi connectivity index (χ2v) is 4.64. The van der Waals surface area contributed by atoms with E-state index in [9.17, 15) is 0 Å². The maximum absolute atomic E-state index is 6.19. The molecule has 0 radical (unpaired) electrons. The summed E-state index contributed by atoms with van der Waals surface area (Å²) in [7, 11) is 0. The Labute approximate surface area is 109 Å². The van der Waals surface area contributed by atoms with Crippen molar-refractivity contribution in [3.05, 3.63) is 23.8 Å². The van der Waals surface area contributed by atoms with Crippen LogP contribution in [0.15, 0.2) is 18.2 Å². The number of hydrogen-bond donors (Lipinski definition) is 1. The number of rotatable bonds is 6. The fraction of sp³-hybridized carbons (Fsp3) is 0.571. The first-order valence-corrected chi connectivity index (χ1v) is 6.59. The molecule has 4 heteroatoms. The van der Waals surface area contributed by atoms with E-state index in [0.717, 1.165) is 37.6 Å². The molecule has 1 aromatic rings. The predicted molar refractivity (Wildman–Crippen MR) is 72.0 cm³/mol. The average molecular weight is 250 g/mol. The summed E-state index contributed by atoms with van der Waals surface area (Å²) in [5.41, 5.74) is 7.40. The van der Waals surface area contributed by atoms with Gasteiger partial charge in [0.1, 0.15) is 0 Å². The van der Waals surface area contributed by atoms with E-state index in [1.807, 2.05) is 12.1 Å². The fourth-order valence-corrected chi connectivity index (χ4v) is 2.25. The molecule has 2 rings (SSSR count). The van der Waals surface area contributed by atoms with E-state index < -0.39 is 0 Å². The Kier molecular flexibility index (Phi) is 4.44. The summed E-state index contributed by atoms with van der Waals surface area (Å²) in [6, 6.07) is 6.22. The largest absolute Gasteiger partial charge is 0.454 e. The van der Waals surface area contributed by atoms with Gasteiger partial charge in [-0.05, 0) is 37.2 Å². The molecule has 0 bridgehead atoms. The second kappa shape index (κ2) is 6.07. The third-order valence-corrected chi connectivity index (χ3v) is 3.32. The Morgan fingerprint density at radius 2 is 1.94 bits per heavy atom. The first kappa shape index (κ1) is 13.2. The minimum absolute atomic E-state index is 0.158. The van der Waals surface area contributed by atoms with Gasteiger partial charge in [-0.1, -0.05) is 19.9 Å². The Bertz CT molecular complexity index is 391. The second-order valence-electron chi connectivity index (χ2n) is 4.64. The van der Waals surface area contributed by atoms with Crippen LogP contribution in [0.5, 0.6) is 11.5 Å². The third-order valence-electron chi connectivity index (χ3n) is 3.32. The van der Waals surface area contributed by atoms with E-state index in [2.05, 4.69) is 24.8 Å². The van der Waals surface area contributed by atoms with Gasteiger partial charge in [0.05, 0.1) is 0 Å². The highest BCUT2D eigenvalue weighted by molar-refractivity contribution is 5.44. The molecule has 18 heavy (non-hydrogen) atoms. The lowest BCUT2D eigenvalue weighted by atomic mass is 10.1. The molecule has 1 aliphatic rings. The molecule has 0 aliphatic carbocycles. The molecule has 2 N–H and O–H groups in total. The molecule has 1 aromatic carbocycles. The Balaban J connectivity index is 1.92. The van der Waals surface area contributed by atoms with Gasteiger partial charge in [0.25, 0.3) is 0 Å². The van der Waals surface area contributed by atoms with Crippen molar-refractivity contribution in [3.63, 3.8) is 0 Å². The van der Waals surface area contributed by atoms with E-state index in [-0.39, 0.29) is 6.04 Å². The molecule has 0 fully saturated rings. The number of nitrogens with zero attached hydrogens (tertiary/aromatic N) is 1. The van der Waals surface area contributed by atoms with E-state index >= 15 is 0 Å². The first-order valence-electron chi connectivity index (χ1n) is 6.59. The van der Waals surface area contributed by atoms with E-state index in [1.165, 1.54) is 5.56 Å². The summed E-state index contributed by atoms with van der Waals surface area (Å²) in [5, 5.41) is 0. The van der Waals surface area contributed by atoms with E-state index in [0.29, 0.717) is 6.79 Å². The summed E-state index contributed by atoms with van der Waals surface area (Å²) < 4.78 is 10.7. The minimum atomic E-state index is 0.158. The molecular formula is C14H22N2O2. The molecule has 4 nitrogen and oxygen atoms in total. The third kappa shape index (κ3) is 3.15. The van der Waals surface area contributed by atoms with Crippen molar-refractivity contribution in [3.8, 4) is 11.5 Å². The average Bonchev–Trinajstić information content (AvgIpc) is 2.83. The van der Waals surface area contributed by atoms with Gasteiger partial charge in [0.2, 0.25) is 6.79 Å². The van der Waals surface area contributed by atoms with E-state index in [1.54, 1.807) is 0 Å². The zero-order chi connectivity index (χ0) is 13.0. The summed E-state index contributed by atoms with van der Waals surface area (Å²) >= 11 is 0. The number of ether oxygens (including phenoxy) is 2. The normalized spacial score (nSPS) is 15.1. The van der Waals surface area contributed by atoms with Crippen LogP contribution in [0.1, 0.15) is 19.4 Å². The van der Waals surface area contributed by atoms with Crippen molar-refractivity contribution in [1.82, 2.24) is 4.90 Å². The minimum Gasteiger partial charge on any atom is -0.454 e. The van der Waals surface area contributed by atoms with Gasteiger partial charge in [-0.3, -0.25) is 0 Å². The molecule has 1 unspecified atom stereocenters. The number of benzene rings is 1. The summed E-state index contributed by atoms with van der Waals surface area (Å²) in [6.07, 6.45) is 0.868. The smallest absolute Gasteiger partial charge is 0.231 e. The summed E-state index contributed by atoms with van der Waals surface area (Å²) in [6.45, 7) is 7.68. The summed E-state index contributed by atoms with van der Waals surface area (Å²) in [5.74, 6) is 1.67. The first-order chi connectivity index (χ1) is 8.72. The van der Waals surface area contributed by atoms with E-state index in [4.69, 9.17) is 15.2 Å². The number of likely N-dealkylation sites (N-methyl/N-ethyl adjacent to an activating group) is 1. The summed E-state index contributed by atoms with van der Waals surface area (Å²) in [4.78, 5) is 2.34. The van der Waals surface area contributed by atoms with Crippen LogP contribution in [0, 0.1) is 0 Å².